The van der Waals surface area contributed by atoms with Crippen LogP contribution in [0.1, 0.15) is 29.7 Å². The van der Waals surface area contributed by atoms with E-state index in [1.807, 2.05) is 13.8 Å². The van der Waals surface area contributed by atoms with Gasteiger partial charge in [-0.15, -0.1) is 0 Å². The van der Waals surface area contributed by atoms with E-state index in [1.165, 1.54) is 18.2 Å². The lowest BCUT2D eigenvalue weighted by Crippen LogP contribution is -2.24. The summed E-state index contributed by atoms with van der Waals surface area (Å²) in [7, 11) is 0. The number of hydrogen-bond acceptors (Lipinski definition) is 1. The zero-order valence-corrected chi connectivity index (χ0v) is 12.1. The van der Waals surface area contributed by atoms with E-state index < -0.39 is 11.9 Å². The molecule has 1 nitrogen and oxygen atoms in total. The van der Waals surface area contributed by atoms with Gasteiger partial charge in [0.2, 0.25) is 0 Å². The first-order valence-corrected chi connectivity index (χ1v) is 6.85. The molecule has 0 heterocycles. The Labute approximate surface area is 122 Å². The topological polar surface area (TPSA) is 12.0 Å². The van der Waals surface area contributed by atoms with Crippen molar-refractivity contribution in [1.29, 1.82) is 0 Å². The lowest BCUT2D eigenvalue weighted by Gasteiger charge is -2.22. The van der Waals surface area contributed by atoms with E-state index in [9.17, 15) is 8.78 Å². The third-order valence-electron chi connectivity index (χ3n) is 3.25. The molecule has 2 aromatic carbocycles. The minimum absolute atomic E-state index is 0.0689. The lowest BCUT2D eigenvalue weighted by atomic mass is 9.94. The number of benzene rings is 2. The SMILES string of the molecule is CCNC(c1cc(F)ccc1C)c1cccc(Cl)c1F. The van der Waals surface area contributed by atoms with Gasteiger partial charge in [0.05, 0.1) is 11.1 Å². The summed E-state index contributed by atoms with van der Waals surface area (Å²) in [5.41, 5.74) is 2.04. The molecule has 0 aliphatic heterocycles. The summed E-state index contributed by atoms with van der Waals surface area (Å²) in [6, 6.07) is 8.96. The minimum Gasteiger partial charge on any atom is -0.306 e. The molecule has 0 radical (unpaired) electrons. The smallest absolute Gasteiger partial charge is 0.146 e. The van der Waals surface area contributed by atoms with Gasteiger partial charge in [-0.3, -0.25) is 0 Å². The van der Waals surface area contributed by atoms with Gasteiger partial charge in [-0.25, -0.2) is 8.78 Å². The first kappa shape index (κ1) is 14.9. The summed E-state index contributed by atoms with van der Waals surface area (Å²) in [6.07, 6.45) is 0. The summed E-state index contributed by atoms with van der Waals surface area (Å²) in [6.45, 7) is 4.43. The van der Waals surface area contributed by atoms with Crippen LogP contribution in [0.2, 0.25) is 5.02 Å². The van der Waals surface area contributed by atoms with Crippen LogP contribution in [-0.2, 0) is 0 Å². The number of nitrogens with one attached hydrogen (secondary N) is 1. The standard InChI is InChI=1S/C16H16ClF2N/c1-3-20-16(12-5-4-6-14(17)15(12)19)13-9-11(18)8-7-10(13)2/h4-9,16,20H,3H2,1-2H3. The van der Waals surface area contributed by atoms with Crippen molar-refractivity contribution in [1.82, 2.24) is 5.32 Å². The first-order chi connectivity index (χ1) is 9.54. The van der Waals surface area contributed by atoms with Crippen LogP contribution < -0.4 is 5.32 Å². The van der Waals surface area contributed by atoms with Crippen molar-refractivity contribution in [2.75, 3.05) is 6.54 Å². The second-order valence-corrected chi connectivity index (χ2v) is 5.04. The van der Waals surface area contributed by atoms with Crippen molar-refractivity contribution >= 4 is 11.6 Å². The molecule has 1 N–H and O–H groups in total. The van der Waals surface area contributed by atoms with Gasteiger partial charge in [0.25, 0.3) is 0 Å². The van der Waals surface area contributed by atoms with E-state index in [1.54, 1.807) is 18.2 Å². The minimum atomic E-state index is -0.469. The molecule has 0 aromatic heterocycles. The van der Waals surface area contributed by atoms with Crippen LogP contribution in [0.3, 0.4) is 0 Å². The largest absolute Gasteiger partial charge is 0.306 e. The fourth-order valence-electron chi connectivity index (χ4n) is 2.26. The Hall–Kier alpha value is -1.45. The third kappa shape index (κ3) is 3.00. The average molecular weight is 296 g/mol. The Balaban J connectivity index is 2.56. The molecule has 0 fully saturated rings. The third-order valence-corrected chi connectivity index (χ3v) is 3.54. The van der Waals surface area contributed by atoms with Crippen LogP contribution in [0.15, 0.2) is 36.4 Å². The van der Waals surface area contributed by atoms with Crippen molar-refractivity contribution in [3.8, 4) is 0 Å². The predicted molar refractivity (Wildman–Crippen MR) is 78.1 cm³/mol. The average Bonchev–Trinajstić information content (AvgIpc) is 2.43. The monoisotopic (exact) mass is 295 g/mol. The van der Waals surface area contributed by atoms with Crippen molar-refractivity contribution in [3.63, 3.8) is 0 Å². The molecule has 1 unspecified atom stereocenters. The number of halogens is 3. The molecular weight excluding hydrogens is 280 g/mol. The molecule has 4 heteroatoms. The summed E-state index contributed by atoms with van der Waals surface area (Å²) in [5.74, 6) is -0.806. The molecule has 0 saturated carbocycles. The van der Waals surface area contributed by atoms with E-state index >= 15 is 0 Å². The van der Waals surface area contributed by atoms with E-state index in [0.717, 1.165) is 5.56 Å². The van der Waals surface area contributed by atoms with Gasteiger partial charge in [-0.2, -0.15) is 0 Å². The quantitative estimate of drug-likeness (QED) is 0.867. The van der Waals surface area contributed by atoms with Crippen LogP contribution in [-0.4, -0.2) is 6.54 Å². The lowest BCUT2D eigenvalue weighted by molar-refractivity contribution is 0.553. The second kappa shape index (κ2) is 6.33. The van der Waals surface area contributed by atoms with Gasteiger partial charge in [0, 0.05) is 5.56 Å². The Morgan fingerprint density at radius 2 is 1.90 bits per heavy atom. The van der Waals surface area contributed by atoms with Crippen LogP contribution >= 0.6 is 11.6 Å². The van der Waals surface area contributed by atoms with Gasteiger partial charge in [0.15, 0.2) is 0 Å². The highest BCUT2D eigenvalue weighted by Crippen LogP contribution is 2.30. The van der Waals surface area contributed by atoms with Gasteiger partial charge in [-0.1, -0.05) is 36.7 Å². The van der Waals surface area contributed by atoms with Gasteiger partial charge in [-0.05, 0) is 42.8 Å². The molecule has 0 saturated heterocycles. The summed E-state index contributed by atoms with van der Waals surface area (Å²) in [5, 5.41) is 3.25. The molecule has 1 atom stereocenters. The van der Waals surface area contributed by atoms with Crippen LogP contribution in [0, 0.1) is 18.6 Å². The Kier molecular flexibility index (Phi) is 4.73. The Morgan fingerprint density at radius 1 is 1.15 bits per heavy atom. The molecule has 106 valence electrons. The maximum Gasteiger partial charge on any atom is 0.146 e. The summed E-state index contributed by atoms with van der Waals surface area (Å²) >= 11 is 5.84. The van der Waals surface area contributed by atoms with E-state index in [4.69, 9.17) is 11.6 Å². The van der Waals surface area contributed by atoms with Crippen molar-refractivity contribution < 1.29 is 8.78 Å². The van der Waals surface area contributed by atoms with Crippen LogP contribution in [0.25, 0.3) is 0 Å². The van der Waals surface area contributed by atoms with E-state index in [-0.39, 0.29) is 10.8 Å². The number of rotatable bonds is 4. The van der Waals surface area contributed by atoms with Crippen molar-refractivity contribution in [2.45, 2.75) is 19.9 Å². The molecular formula is C16H16ClF2N. The van der Waals surface area contributed by atoms with Crippen molar-refractivity contribution in [3.05, 3.63) is 69.7 Å². The molecule has 0 aliphatic carbocycles. The predicted octanol–water partition coefficient (Wildman–Crippen LogP) is 4.63. The Bertz CT molecular complexity index is 611. The van der Waals surface area contributed by atoms with Crippen LogP contribution in [0.5, 0.6) is 0 Å². The highest BCUT2D eigenvalue weighted by atomic mass is 35.5. The normalized spacial score (nSPS) is 12.4. The summed E-state index contributed by atoms with van der Waals surface area (Å²) in [4.78, 5) is 0. The molecule has 0 amide bonds. The Morgan fingerprint density at radius 3 is 2.60 bits per heavy atom. The van der Waals surface area contributed by atoms with Gasteiger partial charge < -0.3 is 5.32 Å². The molecule has 2 aromatic rings. The molecule has 20 heavy (non-hydrogen) atoms. The molecule has 0 aliphatic rings. The number of hydrogen-bond donors (Lipinski definition) is 1. The number of aryl methyl sites for hydroxylation is 1. The molecule has 0 spiro atoms. The summed E-state index contributed by atoms with van der Waals surface area (Å²) < 4.78 is 27.7. The highest BCUT2D eigenvalue weighted by molar-refractivity contribution is 6.30. The second-order valence-electron chi connectivity index (χ2n) is 4.63. The fourth-order valence-corrected chi connectivity index (χ4v) is 2.44. The van der Waals surface area contributed by atoms with Gasteiger partial charge in [0.1, 0.15) is 11.6 Å². The fraction of sp³-hybridized carbons (Fsp3) is 0.250. The highest BCUT2D eigenvalue weighted by Gasteiger charge is 2.20. The molecule has 2 rings (SSSR count). The van der Waals surface area contributed by atoms with E-state index in [0.29, 0.717) is 17.7 Å². The van der Waals surface area contributed by atoms with Crippen LogP contribution in [0.4, 0.5) is 8.78 Å². The first-order valence-electron chi connectivity index (χ1n) is 6.48. The molecule has 0 bridgehead atoms. The van der Waals surface area contributed by atoms with Crippen molar-refractivity contribution in [2.24, 2.45) is 0 Å². The zero-order valence-electron chi connectivity index (χ0n) is 11.4. The maximum atomic E-state index is 14.2. The maximum absolute atomic E-state index is 14.2. The zero-order chi connectivity index (χ0) is 14.7. The van der Waals surface area contributed by atoms with Gasteiger partial charge >= 0.3 is 0 Å². The van der Waals surface area contributed by atoms with E-state index in [2.05, 4.69) is 5.32 Å².